The summed E-state index contributed by atoms with van der Waals surface area (Å²) in [6.07, 6.45) is 0. The Kier molecular flexibility index (Phi) is 6.43. The first-order valence-corrected chi connectivity index (χ1v) is 9.53. The Morgan fingerprint density at radius 3 is 1.39 bits per heavy atom. The molecule has 4 nitrogen and oxygen atoms in total. The lowest BCUT2D eigenvalue weighted by atomic mass is 10.2. The zero-order valence-corrected chi connectivity index (χ0v) is 16.8. The van der Waals surface area contributed by atoms with Crippen LogP contribution in [0.4, 0.5) is 0 Å². The van der Waals surface area contributed by atoms with E-state index in [9.17, 15) is 0 Å². The van der Waals surface area contributed by atoms with Crippen molar-refractivity contribution in [3.63, 3.8) is 0 Å². The van der Waals surface area contributed by atoms with Crippen LogP contribution in [0.1, 0.15) is 25.0 Å². The molecule has 28 heavy (non-hydrogen) atoms. The lowest BCUT2D eigenvalue weighted by molar-refractivity contribution is 0.335. The number of ether oxygens (including phenoxy) is 4. The molecule has 0 bridgehead atoms. The van der Waals surface area contributed by atoms with Crippen molar-refractivity contribution in [2.75, 3.05) is 13.2 Å². The molecule has 0 atom stereocenters. The highest BCUT2D eigenvalue weighted by Crippen LogP contribution is 2.35. The summed E-state index contributed by atoms with van der Waals surface area (Å²) >= 11 is 0. The van der Waals surface area contributed by atoms with Crippen LogP contribution in [0.25, 0.3) is 0 Å². The van der Waals surface area contributed by atoms with E-state index in [1.165, 1.54) is 0 Å². The van der Waals surface area contributed by atoms with E-state index >= 15 is 0 Å². The standard InChI is InChI=1S/C24H26O4/c1-5-25-21-12-8-14-23(17(21)3)27-19-10-7-11-20(16-19)28-24-15-9-13-22(18(24)4)26-6-2/h7-16H,5-6H2,1-4H3. The van der Waals surface area contributed by atoms with E-state index in [0.717, 1.165) is 34.1 Å². The molecule has 0 fully saturated rings. The second-order valence-corrected chi connectivity index (χ2v) is 6.30. The quantitative estimate of drug-likeness (QED) is 0.438. The SMILES string of the molecule is CCOc1cccc(Oc2cccc(Oc3cccc(OCC)c3C)c2)c1C. The average Bonchev–Trinajstić information content (AvgIpc) is 2.69. The van der Waals surface area contributed by atoms with Gasteiger partial charge in [0.15, 0.2) is 0 Å². The third kappa shape index (κ3) is 4.58. The zero-order valence-electron chi connectivity index (χ0n) is 16.8. The Bertz CT molecular complexity index is 861. The maximum Gasteiger partial charge on any atom is 0.134 e. The molecular weight excluding hydrogens is 352 g/mol. The molecular formula is C24H26O4. The van der Waals surface area contributed by atoms with E-state index in [0.29, 0.717) is 24.7 Å². The van der Waals surface area contributed by atoms with Crippen molar-refractivity contribution >= 4 is 0 Å². The van der Waals surface area contributed by atoms with Gasteiger partial charge in [0.25, 0.3) is 0 Å². The molecule has 0 aliphatic rings. The van der Waals surface area contributed by atoms with Crippen molar-refractivity contribution in [1.82, 2.24) is 0 Å². The number of benzene rings is 3. The van der Waals surface area contributed by atoms with Gasteiger partial charge in [-0.05, 0) is 64.1 Å². The lowest BCUT2D eigenvalue weighted by Crippen LogP contribution is -1.97. The van der Waals surface area contributed by atoms with Crippen molar-refractivity contribution < 1.29 is 18.9 Å². The van der Waals surface area contributed by atoms with Gasteiger partial charge < -0.3 is 18.9 Å². The average molecular weight is 378 g/mol. The molecule has 3 aromatic rings. The van der Waals surface area contributed by atoms with Gasteiger partial charge >= 0.3 is 0 Å². The second-order valence-electron chi connectivity index (χ2n) is 6.30. The summed E-state index contributed by atoms with van der Waals surface area (Å²) in [5, 5.41) is 0. The first-order chi connectivity index (χ1) is 13.6. The van der Waals surface area contributed by atoms with Crippen LogP contribution in [0.2, 0.25) is 0 Å². The summed E-state index contributed by atoms with van der Waals surface area (Å²) in [5.74, 6) is 4.59. The van der Waals surface area contributed by atoms with Gasteiger partial charge in [-0.2, -0.15) is 0 Å². The Balaban J connectivity index is 1.80. The van der Waals surface area contributed by atoms with E-state index < -0.39 is 0 Å². The molecule has 0 unspecified atom stereocenters. The molecule has 146 valence electrons. The van der Waals surface area contributed by atoms with Gasteiger partial charge in [-0.3, -0.25) is 0 Å². The first kappa shape index (κ1) is 19.6. The molecule has 4 heteroatoms. The Morgan fingerprint density at radius 1 is 0.571 bits per heavy atom. The molecule has 0 radical (unpaired) electrons. The van der Waals surface area contributed by atoms with E-state index in [4.69, 9.17) is 18.9 Å². The minimum atomic E-state index is 0.619. The summed E-state index contributed by atoms with van der Waals surface area (Å²) in [5.41, 5.74) is 1.94. The smallest absolute Gasteiger partial charge is 0.134 e. The second kappa shape index (κ2) is 9.18. The summed E-state index contributed by atoms with van der Waals surface area (Å²) in [4.78, 5) is 0. The van der Waals surface area contributed by atoms with E-state index in [1.807, 2.05) is 88.4 Å². The Morgan fingerprint density at radius 2 is 0.964 bits per heavy atom. The van der Waals surface area contributed by atoms with E-state index in [2.05, 4.69) is 0 Å². The maximum atomic E-state index is 6.08. The van der Waals surface area contributed by atoms with Gasteiger partial charge in [0.2, 0.25) is 0 Å². The molecule has 0 aliphatic carbocycles. The van der Waals surface area contributed by atoms with Crippen LogP contribution >= 0.6 is 0 Å². The molecule has 0 amide bonds. The van der Waals surface area contributed by atoms with Crippen molar-refractivity contribution in [3.05, 3.63) is 71.8 Å². The number of rotatable bonds is 8. The highest BCUT2D eigenvalue weighted by Gasteiger charge is 2.10. The fraction of sp³-hybridized carbons (Fsp3) is 0.250. The summed E-state index contributed by atoms with van der Waals surface area (Å²) in [7, 11) is 0. The number of hydrogen-bond donors (Lipinski definition) is 0. The summed E-state index contributed by atoms with van der Waals surface area (Å²) < 4.78 is 23.5. The van der Waals surface area contributed by atoms with Crippen LogP contribution in [0.15, 0.2) is 60.7 Å². The van der Waals surface area contributed by atoms with Gasteiger partial charge in [0.1, 0.15) is 34.5 Å². The normalized spacial score (nSPS) is 10.4. The van der Waals surface area contributed by atoms with E-state index in [1.54, 1.807) is 0 Å². The Labute approximate surface area is 166 Å². The Hall–Kier alpha value is -3.14. The van der Waals surface area contributed by atoms with Gasteiger partial charge in [0.05, 0.1) is 13.2 Å². The largest absolute Gasteiger partial charge is 0.493 e. The molecule has 3 rings (SSSR count). The highest BCUT2D eigenvalue weighted by molar-refractivity contribution is 5.48. The van der Waals surface area contributed by atoms with Crippen LogP contribution in [-0.4, -0.2) is 13.2 Å². The number of hydrogen-bond acceptors (Lipinski definition) is 4. The van der Waals surface area contributed by atoms with Crippen molar-refractivity contribution in [3.8, 4) is 34.5 Å². The van der Waals surface area contributed by atoms with Crippen molar-refractivity contribution in [1.29, 1.82) is 0 Å². The summed E-state index contributed by atoms with van der Waals surface area (Å²) in [6, 6.07) is 19.2. The van der Waals surface area contributed by atoms with Gasteiger partial charge in [0, 0.05) is 17.2 Å². The molecule has 0 heterocycles. The molecule has 0 spiro atoms. The molecule has 0 aromatic heterocycles. The van der Waals surface area contributed by atoms with Crippen LogP contribution in [-0.2, 0) is 0 Å². The summed E-state index contributed by atoms with van der Waals surface area (Å²) in [6.45, 7) is 9.15. The topological polar surface area (TPSA) is 36.9 Å². The fourth-order valence-corrected chi connectivity index (χ4v) is 2.89. The molecule has 0 saturated heterocycles. The third-order valence-electron chi connectivity index (χ3n) is 4.33. The predicted molar refractivity (Wildman–Crippen MR) is 111 cm³/mol. The molecule has 0 saturated carbocycles. The molecule has 0 aliphatic heterocycles. The van der Waals surface area contributed by atoms with E-state index in [-0.39, 0.29) is 0 Å². The van der Waals surface area contributed by atoms with Gasteiger partial charge in [-0.15, -0.1) is 0 Å². The van der Waals surface area contributed by atoms with Crippen molar-refractivity contribution in [2.24, 2.45) is 0 Å². The highest BCUT2D eigenvalue weighted by atomic mass is 16.5. The third-order valence-corrected chi connectivity index (χ3v) is 4.33. The van der Waals surface area contributed by atoms with Crippen LogP contribution in [0.3, 0.4) is 0 Å². The first-order valence-electron chi connectivity index (χ1n) is 9.53. The minimum absolute atomic E-state index is 0.619. The fourth-order valence-electron chi connectivity index (χ4n) is 2.89. The monoisotopic (exact) mass is 378 g/mol. The van der Waals surface area contributed by atoms with Crippen LogP contribution in [0, 0.1) is 13.8 Å². The molecule has 0 N–H and O–H groups in total. The van der Waals surface area contributed by atoms with Crippen molar-refractivity contribution in [2.45, 2.75) is 27.7 Å². The van der Waals surface area contributed by atoms with Gasteiger partial charge in [-0.25, -0.2) is 0 Å². The minimum Gasteiger partial charge on any atom is -0.493 e. The van der Waals surface area contributed by atoms with Gasteiger partial charge in [-0.1, -0.05) is 18.2 Å². The van der Waals surface area contributed by atoms with Crippen LogP contribution in [0.5, 0.6) is 34.5 Å². The molecule has 3 aromatic carbocycles. The maximum absolute atomic E-state index is 6.08. The predicted octanol–water partition coefficient (Wildman–Crippen LogP) is 6.69. The lowest BCUT2D eigenvalue weighted by Gasteiger charge is -2.15. The zero-order chi connectivity index (χ0) is 19.9. The van der Waals surface area contributed by atoms with Crippen LogP contribution < -0.4 is 18.9 Å².